The van der Waals surface area contributed by atoms with Crippen LogP contribution in [0.5, 0.6) is 0 Å². The highest BCUT2D eigenvalue weighted by Crippen LogP contribution is 2.28. The molecule has 27 heavy (non-hydrogen) atoms. The predicted molar refractivity (Wildman–Crippen MR) is 103 cm³/mol. The lowest BCUT2D eigenvalue weighted by molar-refractivity contribution is -0.121. The van der Waals surface area contributed by atoms with E-state index in [2.05, 4.69) is 22.2 Å². The maximum Gasteiger partial charge on any atom is 0.224 e. The van der Waals surface area contributed by atoms with Crippen LogP contribution in [-0.4, -0.2) is 44.0 Å². The molecular formula is C21H25F2N3O. The number of hydrogen-bond acceptors (Lipinski definition) is 3. The summed E-state index contributed by atoms with van der Waals surface area (Å²) in [7, 11) is 2.08. The first-order valence-corrected chi connectivity index (χ1v) is 9.19. The molecule has 1 unspecified atom stereocenters. The van der Waals surface area contributed by atoms with Gasteiger partial charge in [0.15, 0.2) is 0 Å². The van der Waals surface area contributed by atoms with Crippen molar-refractivity contribution in [3.05, 3.63) is 65.2 Å². The molecule has 144 valence electrons. The van der Waals surface area contributed by atoms with E-state index in [-0.39, 0.29) is 30.0 Å². The summed E-state index contributed by atoms with van der Waals surface area (Å²) < 4.78 is 26.9. The van der Waals surface area contributed by atoms with Gasteiger partial charge >= 0.3 is 0 Å². The summed E-state index contributed by atoms with van der Waals surface area (Å²) in [5, 5.41) is 2.94. The third kappa shape index (κ3) is 5.04. The highest BCUT2D eigenvalue weighted by Gasteiger charge is 2.21. The Morgan fingerprint density at radius 1 is 1.04 bits per heavy atom. The molecule has 1 heterocycles. The minimum atomic E-state index is -0.330. The number of anilines is 1. The van der Waals surface area contributed by atoms with Crippen molar-refractivity contribution in [3.8, 4) is 0 Å². The van der Waals surface area contributed by atoms with Gasteiger partial charge in [-0.25, -0.2) is 8.78 Å². The van der Waals surface area contributed by atoms with Gasteiger partial charge in [-0.15, -0.1) is 0 Å². The zero-order chi connectivity index (χ0) is 19.4. The molecule has 4 nitrogen and oxygen atoms in total. The highest BCUT2D eigenvalue weighted by molar-refractivity contribution is 5.79. The van der Waals surface area contributed by atoms with Crippen LogP contribution in [0.4, 0.5) is 14.5 Å². The molecule has 1 amide bonds. The molecule has 1 saturated heterocycles. The van der Waals surface area contributed by atoms with Gasteiger partial charge in [0.1, 0.15) is 11.6 Å². The Kier molecular flexibility index (Phi) is 6.06. The number of halogens is 2. The molecular weight excluding hydrogens is 348 g/mol. The minimum absolute atomic E-state index is 0.157. The van der Waals surface area contributed by atoms with Crippen molar-refractivity contribution in [3.63, 3.8) is 0 Å². The van der Waals surface area contributed by atoms with Crippen LogP contribution in [0.3, 0.4) is 0 Å². The van der Waals surface area contributed by atoms with Crippen molar-refractivity contribution in [1.82, 2.24) is 10.2 Å². The molecule has 1 aliphatic rings. The molecule has 1 fully saturated rings. The summed E-state index contributed by atoms with van der Waals surface area (Å²) in [5.74, 6) is -0.825. The lowest BCUT2D eigenvalue weighted by Gasteiger charge is -2.36. The van der Waals surface area contributed by atoms with Crippen LogP contribution < -0.4 is 10.2 Å². The third-order valence-corrected chi connectivity index (χ3v) is 4.96. The van der Waals surface area contributed by atoms with E-state index in [1.807, 2.05) is 6.92 Å². The number of carbonyl (C=O) groups is 1. The van der Waals surface area contributed by atoms with E-state index in [9.17, 15) is 13.6 Å². The van der Waals surface area contributed by atoms with Crippen LogP contribution in [0.25, 0.3) is 0 Å². The molecule has 6 heteroatoms. The molecule has 2 aromatic rings. The fourth-order valence-electron chi connectivity index (χ4n) is 3.37. The number of nitrogens with zero attached hydrogens (tertiary/aromatic N) is 2. The first kappa shape index (κ1) is 19.3. The standard InChI is InChI=1S/C21H25F2N3O/c1-15(24-21(27)13-16-3-5-17(22)6-4-16)19-14-18(23)7-8-20(19)26-11-9-25(2)10-12-26/h3-8,14-15H,9-13H2,1-2H3,(H,24,27). The first-order chi connectivity index (χ1) is 12.9. The van der Waals surface area contributed by atoms with E-state index in [1.165, 1.54) is 24.3 Å². The largest absolute Gasteiger partial charge is 0.369 e. The average molecular weight is 373 g/mol. The Labute approximate surface area is 158 Å². The zero-order valence-corrected chi connectivity index (χ0v) is 15.7. The van der Waals surface area contributed by atoms with Crippen molar-refractivity contribution >= 4 is 11.6 Å². The van der Waals surface area contributed by atoms with Gasteiger partial charge < -0.3 is 15.1 Å². The number of rotatable bonds is 5. The van der Waals surface area contributed by atoms with E-state index in [0.29, 0.717) is 0 Å². The Morgan fingerprint density at radius 2 is 1.67 bits per heavy atom. The predicted octanol–water partition coefficient (Wildman–Crippen LogP) is 3.14. The van der Waals surface area contributed by atoms with E-state index >= 15 is 0 Å². The van der Waals surface area contributed by atoms with Gasteiger partial charge in [0.05, 0.1) is 12.5 Å². The van der Waals surface area contributed by atoms with Gasteiger partial charge in [0.2, 0.25) is 5.91 Å². The molecule has 3 rings (SSSR count). The number of hydrogen-bond donors (Lipinski definition) is 1. The summed E-state index contributed by atoms with van der Waals surface area (Å²) in [6.45, 7) is 5.48. The Hall–Kier alpha value is -2.47. The molecule has 1 N–H and O–H groups in total. The number of amides is 1. The molecule has 1 aliphatic heterocycles. The molecule has 0 radical (unpaired) electrons. The number of likely N-dealkylation sites (N-methyl/N-ethyl adjacent to an activating group) is 1. The molecule has 0 aliphatic carbocycles. The topological polar surface area (TPSA) is 35.6 Å². The van der Waals surface area contributed by atoms with Gasteiger partial charge in [0.25, 0.3) is 0 Å². The Bertz CT molecular complexity index is 787. The van der Waals surface area contributed by atoms with Crippen LogP contribution in [0.2, 0.25) is 0 Å². The van der Waals surface area contributed by atoms with E-state index in [0.717, 1.165) is 43.0 Å². The van der Waals surface area contributed by atoms with Gasteiger partial charge in [-0.1, -0.05) is 12.1 Å². The summed E-state index contributed by atoms with van der Waals surface area (Å²) in [6.07, 6.45) is 0.157. The fraction of sp³-hybridized carbons (Fsp3) is 0.381. The Morgan fingerprint density at radius 3 is 2.33 bits per heavy atom. The van der Waals surface area contributed by atoms with Gasteiger partial charge in [0, 0.05) is 37.4 Å². The average Bonchev–Trinajstić information content (AvgIpc) is 2.64. The van der Waals surface area contributed by atoms with Gasteiger partial charge in [-0.05, 0) is 49.9 Å². The van der Waals surface area contributed by atoms with Crippen molar-refractivity contribution in [2.75, 3.05) is 38.1 Å². The number of carbonyl (C=O) groups excluding carboxylic acids is 1. The molecule has 1 atom stereocenters. The van der Waals surface area contributed by atoms with Crippen molar-refractivity contribution in [2.45, 2.75) is 19.4 Å². The maximum atomic E-state index is 13.9. The van der Waals surface area contributed by atoms with E-state index in [4.69, 9.17) is 0 Å². The Balaban J connectivity index is 1.71. The van der Waals surface area contributed by atoms with Crippen molar-refractivity contribution in [1.29, 1.82) is 0 Å². The monoisotopic (exact) mass is 373 g/mol. The summed E-state index contributed by atoms with van der Waals surface area (Å²) >= 11 is 0. The lowest BCUT2D eigenvalue weighted by atomic mass is 10.0. The zero-order valence-electron chi connectivity index (χ0n) is 15.7. The molecule has 0 spiro atoms. The second-order valence-electron chi connectivity index (χ2n) is 7.09. The number of piperazine rings is 1. The smallest absolute Gasteiger partial charge is 0.224 e. The second-order valence-corrected chi connectivity index (χ2v) is 7.09. The van der Waals surface area contributed by atoms with E-state index < -0.39 is 0 Å². The van der Waals surface area contributed by atoms with Gasteiger partial charge in [-0.2, -0.15) is 0 Å². The lowest BCUT2D eigenvalue weighted by Crippen LogP contribution is -2.45. The highest BCUT2D eigenvalue weighted by atomic mass is 19.1. The summed E-state index contributed by atoms with van der Waals surface area (Å²) in [5.41, 5.74) is 2.46. The van der Waals surface area contributed by atoms with Crippen LogP contribution in [0, 0.1) is 11.6 Å². The van der Waals surface area contributed by atoms with Gasteiger partial charge in [-0.3, -0.25) is 4.79 Å². The minimum Gasteiger partial charge on any atom is -0.369 e. The van der Waals surface area contributed by atoms with Crippen LogP contribution in [0.15, 0.2) is 42.5 Å². The summed E-state index contributed by atoms with van der Waals surface area (Å²) in [4.78, 5) is 16.9. The van der Waals surface area contributed by atoms with Crippen LogP contribution >= 0.6 is 0 Å². The van der Waals surface area contributed by atoms with E-state index in [1.54, 1.807) is 18.2 Å². The van der Waals surface area contributed by atoms with Crippen molar-refractivity contribution in [2.24, 2.45) is 0 Å². The molecule has 2 aromatic carbocycles. The number of nitrogens with one attached hydrogen (secondary N) is 1. The number of benzene rings is 2. The maximum absolute atomic E-state index is 13.9. The van der Waals surface area contributed by atoms with Crippen molar-refractivity contribution < 1.29 is 13.6 Å². The first-order valence-electron chi connectivity index (χ1n) is 9.19. The molecule has 0 bridgehead atoms. The second kappa shape index (κ2) is 8.48. The quantitative estimate of drug-likeness (QED) is 0.875. The molecule has 0 aromatic heterocycles. The fourth-order valence-corrected chi connectivity index (χ4v) is 3.37. The summed E-state index contributed by atoms with van der Waals surface area (Å²) in [6, 6.07) is 10.3. The molecule has 0 saturated carbocycles. The normalized spacial score (nSPS) is 16.2. The van der Waals surface area contributed by atoms with Crippen LogP contribution in [-0.2, 0) is 11.2 Å². The third-order valence-electron chi connectivity index (χ3n) is 4.96. The SMILES string of the molecule is CC(NC(=O)Cc1ccc(F)cc1)c1cc(F)ccc1N1CCN(C)CC1. The van der Waals surface area contributed by atoms with Crippen LogP contribution in [0.1, 0.15) is 24.1 Å².